The molecule has 4 fully saturated rings. The topological polar surface area (TPSA) is 113 Å². The van der Waals surface area contributed by atoms with Crippen molar-refractivity contribution in [2.24, 2.45) is 28.3 Å². The Bertz CT molecular complexity index is 1530. The number of alkyl halides is 3. The van der Waals surface area contributed by atoms with E-state index in [0.29, 0.717) is 46.7 Å². The van der Waals surface area contributed by atoms with Crippen molar-refractivity contribution in [1.29, 1.82) is 0 Å². The minimum atomic E-state index is -4.51. The minimum absolute atomic E-state index is 0.0198. The van der Waals surface area contributed by atoms with Crippen LogP contribution in [-0.4, -0.2) is 49.0 Å². The average Bonchev–Trinajstić information content (AvgIpc) is 3.35. The Labute approximate surface area is 252 Å². The molecule has 2 heterocycles. The maximum Gasteiger partial charge on any atom is 0.422 e. The van der Waals surface area contributed by atoms with E-state index in [4.69, 9.17) is 9.47 Å². The first-order valence-corrected chi connectivity index (χ1v) is 16.3. The zero-order chi connectivity index (χ0) is 30.4. The zero-order valence-electron chi connectivity index (χ0n) is 23.4. The van der Waals surface area contributed by atoms with Gasteiger partial charge in [-0.3, -0.25) is 9.19 Å². The van der Waals surface area contributed by atoms with Crippen LogP contribution in [0.15, 0.2) is 46.3 Å². The summed E-state index contributed by atoms with van der Waals surface area (Å²) < 4.78 is 66.5. The predicted molar refractivity (Wildman–Crippen MR) is 155 cm³/mol. The predicted octanol–water partition coefficient (Wildman–Crippen LogP) is 6.97. The van der Waals surface area contributed by atoms with E-state index in [0.717, 1.165) is 37.6 Å². The number of halogens is 3. The van der Waals surface area contributed by atoms with Crippen LogP contribution in [0.2, 0.25) is 0 Å². The summed E-state index contributed by atoms with van der Waals surface area (Å²) in [6.07, 6.45) is 2.11. The van der Waals surface area contributed by atoms with Gasteiger partial charge in [0.25, 0.3) is 0 Å². The largest absolute Gasteiger partial charge is 0.484 e. The molecular weight excluding hydrogens is 605 g/mol. The number of pyridine rings is 1. The number of para-hydroxylation sites is 2. The normalized spacial score (nSPS) is 26.9. The molecule has 1 atom stereocenters. The standard InChI is InChI=1S/C29H31F3N4O5S2/c1-17-23(33-8-6-25(17)41-16-29(30,31)32)15-43(39)26-34-22-4-2-3-5-24(22)36(26)27(37)40-9-7-28(42-35-38)20-11-18-10-19(13-20)14-21(28)12-18/h2-6,8,18-21H,7,9-16H2,1H3. The Morgan fingerprint density at radius 2 is 1.84 bits per heavy atom. The number of rotatable bonds is 10. The van der Waals surface area contributed by atoms with Crippen LogP contribution in [0.25, 0.3) is 11.0 Å². The molecule has 0 aliphatic heterocycles. The third-order valence-electron chi connectivity index (χ3n) is 9.28. The number of nitrogens with zero attached hydrogens (tertiary/aromatic N) is 4. The number of imidazole rings is 1. The highest BCUT2D eigenvalue weighted by Crippen LogP contribution is 2.64. The molecule has 0 amide bonds. The molecule has 4 saturated carbocycles. The molecule has 9 nitrogen and oxygen atoms in total. The van der Waals surface area contributed by atoms with Gasteiger partial charge in [-0.25, -0.2) is 14.3 Å². The van der Waals surface area contributed by atoms with E-state index in [1.54, 1.807) is 24.3 Å². The molecule has 230 valence electrons. The number of benzene rings is 1. The van der Waals surface area contributed by atoms with E-state index < -0.39 is 29.7 Å². The monoisotopic (exact) mass is 636 g/mol. The van der Waals surface area contributed by atoms with E-state index in [2.05, 4.69) is 14.6 Å². The van der Waals surface area contributed by atoms with Crippen LogP contribution in [0, 0.1) is 35.5 Å². The summed E-state index contributed by atoms with van der Waals surface area (Å²) >= 11 is 1.11. The second kappa shape index (κ2) is 11.8. The van der Waals surface area contributed by atoms with Crippen molar-refractivity contribution in [3.63, 3.8) is 0 Å². The van der Waals surface area contributed by atoms with Gasteiger partial charge in [-0.15, -0.1) is 4.91 Å². The summed E-state index contributed by atoms with van der Waals surface area (Å²) in [5.74, 6) is 1.92. The summed E-state index contributed by atoms with van der Waals surface area (Å²) in [4.78, 5) is 33.7. The first kappa shape index (κ1) is 30.0. The molecule has 7 rings (SSSR count). The maximum absolute atomic E-state index is 13.6. The number of ether oxygens (including phenoxy) is 2. The van der Waals surface area contributed by atoms with Crippen LogP contribution in [0.1, 0.15) is 49.8 Å². The molecule has 0 N–H and O–H groups in total. The quantitative estimate of drug-likeness (QED) is 0.173. The molecule has 4 bridgehead atoms. The Hall–Kier alpha value is -3.00. The highest BCUT2D eigenvalue weighted by molar-refractivity contribution is 7.99. The van der Waals surface area contributed by atoms with Crippen molar-refractivity contribution in [3.8, 4) is 5.75 Å². The second-order valence-corrected chi connectivity index (χ2v) is 14.2. The van der Waals surface area contributed by atoms with Crippen LogP contribution in [-0.2, 0) is 21.3 Å². The molecule has 0 saturated heterocycles. The molecule has 0 spiro atoms. The summed E-state index contributed by atoms with van der Waals surface area (Å²) in [6.45, 7) is 0.142. The van der Waals surface area contributed by atoms with Crippen LogP contribution in [0.5, 0.6) is 5.75 Å². The van der Waals surface area contributed by atoms with Gasteiger partial charge in [-0.05, 0) is 87.3 Å². The number of fused-ring (bicyclic) bond motifs is 1. The van der Waals surface area contributed by atoms with Gasteiger partial charge in [-0.1, -0.05) is 12.1 Å². The van der Waals surface area contributed by atoms with Crippen molar-refractivity contribution in [2.75, 3.05) is 13.2 Å². The van der Waals surface area contributed by atoms with E-state index in [-0.39, 0.29) is 33.7 Å². The van der Waals surface area contributed by atoms with Crippen LogP contribution >= 0.6 is 11.9 Å². The molecule has 1 aromatic carbocycles. The molecule has 4 aliphatic rings. The van der Waals surface area contributed by atoms with Crippen LogP contribution in [0.3, 0.4) is 0 Å². The average molecular weight is 637 g/mol. The van der Waals surface area contributed by atoms with Gasteiger partial charge in [0.15, 0.2) is 6.61 Å². The molecule has 0 radical (unpaired) electrons. The molecule has 3 aromatic rings. The molecule has 14 heteroatoms. The maximum atomic E-state index is 13.6. The SMILES string of the molecule is Cc1c(OCC(F)(F)F)ccnc1CS(=O)c1nc2ccccc2n1C(=O)OCCC1(SN=O)C2CC3CC(C2)CC1C3. The van der Waals surface area contributed by atoms with Crippen molar-refractivity contribution in [1.82, 2.24) is 14.5 Å². The zero-order valence-corrected chi connectivity index (χ0v) is 25.1. The number of hydrogen-bond donors (Lipinski definition) is 0. The first-order chi connectivity index (χ1) is 20.6. The minimum Gasteiger partial charge on any atom is -0.484 e. The molecule has 2 aromatic heterocycles. The number of carbonyl (C=O) groups excluding carboxylic acids is 1. The highest BCUT2D eigenvalue weighted by Gasteiger charge is 2.58. The van der Waals surface area contributed by atoms with Gasteiger partial charge in [0.1, 0.15) is 5.75 Å². The van der Waals surface area contributed by atoms with Gasteiger partial charge >= 0.3 is 12.3 Å². The molecule has 1 unspecified atom stereocenters. The van der Waals surface area contributed by atoms with Crippen molar-refractivity contribution >= 4 is 39.9 Å². The third-order valence-corrected chi connectivity index (χ3v) is 11.8. The number of nitroso groups, excluding NO2 is 1. The van der Waals surface area contributed by atoms with Crippen molar-refractivity contribution in [3.05, 3.63) is 52.7 Å². The van der Waals surface area contributed by atoms with Crippen LogP contribution in [0.4, 0.5) is 18.0 Å². The highest BCUT2D eigenvalue weighted by atomic mass is 32.2. The Kier molecular flexibility index (Phi) is 8.26. The van der Waals surface area contributed by atoms with Gasteiger partial charge in [-0.2, -0.15) is 13.2 Å². The van der Waals surface area contributed by atoms with Gasteiger partial charge in [0.2, 0.25) is 5.16 Å². The third kappa shape index (κ3) is 5.92. The Balaban J connectivity index is 1.20. The summed E-state index contributed by atoms with van der Waals surface area (Å²) in [7, 11) is -1.91. The van der Waals surface area contributed by atoms with E-state index in [1.807, 2.05) is 0 Å². The van der Waals surface area contributed by atoms with Gasteiger partial charge < -0.3 is 9.47 Å². The Morgan fingerprint density at radius 1 is 1.14 bits per heavy atom. The molecule has 43 heavy (non-hydrogen) atoms. The van der Waals surface area contributed by atoms with Gasteiger partial charge in [0, 0.05) is 28.3 Å². The fraction of sp³-hybridized carbons (Fsp3) is 0.552. The Morgan fingerprint density at radius 3 is 2.51 bits per heavy atom. The number of aromatic nitrogens is 3. The van der Waals surface area contributed by atoms with E-state index >= 15 is 0 Å². The lowest BCUT2D eigenvalue weighted by molar-refractivity contribution is -0.153. The lowest BCUT2D eigenvalue weighted by Crippen LogP contribution is -2.56. The van der Waals surface area contributed by atoms with Crippen LogP contribution < -0.4 is 4.74 Å². The number of carbonyl (C=O) groups is 1. The molecular formula is C29H31F3N4O5S2. The summed E-state index contributed by atoms with van der Waals surface area (Å²) in [5, 5.41) is -0.0534. The van der Waals surface area contributed by atoms with Crippen molar-refractivity contribution < 1.29 is 31.6 Å². The van der Waals surface area contributed by atoms with E-state index in [1.165, 1.54) is 30.2 Å². The van der Waals surface area contributed by atoms with Crippen molar-refractivity contribution in [2.45, 2.75) is 67.3 Å². The second-order valence-electron chi connectivity index (χ2n) is 11.8. The van der Waals surface area contributed by atoms with E-state index in [9.17, 15) is 27.1 Å². The first-order valence-electron chi connectivity index (χ1n) is 14.3. The summed E-state index contributed by atoms with van der Waals surface area (Å²) in [5.41, 5.74) is 1.42. The lowest BCUT2D eigenvalue weighted by atomic mass is 9.51. The number of hydrogen-bond acceptors (Lipinski definition) is 9. The lowest BCUT2D eigenvalue weighted by Gasteiger charge is -2.59. The summed E-state index contributed by atoms with van der Waals surface area (Å²) in [6, 6.07) is 8.14. The fourth-order valence-corrected chi connectivity index (χ4v) is 9.80. The fourth-order valence-electron chi connectivity index (χ4n) is 7.56. The van der Waals surface area contributed by atoms with Gasteiger partial charge in [0.05, 0.1) is 44.6 Å². The molecule has 4 aliphatic carbocycles. The smallest absolute Gasteiger partial charge is 0.422 e.